The Morgan fingerprint density at radius 2 is 1.80 bits per heavy atom. The maximum atomic E-state index is 5.79. The van der Waals surface area contributed by atoms with Gasteiger partial charge < -0.3 is 5.73 Å². The molecule has 1 nitrogen and oxygen atoms in total. The summed E-state index contributed by atoms with van der Waals surface area (Å²) in [6.07, 6.45) is 2.81. The molecule has 1 heteroatoms. The van der Waals surface area contributed by atoms with Crippen LogP contribution in [0, 0.1) is 17.8 Å². The molecule has 2 N–H and O–H groups in total. The molecule has 0 saturated heterocycles. The van der Waals surface area contributed by atoms with Crippen LogP contribution in [-0.2, 0) is 0 Å². The van der Waals surface area contributed by atoms with Crippen LogP contribution in [0.3, 0.4) is 0 Å². The van der Waals surface area contributed by atoms with Gasteiger partial charge in [0.1, 0.15) is 0 Å². The van der Waals surface area contributed by atoms with E-state index in [2.05, 4.69) is 20.8 Å². The van der Waals surface area contributed by atoms with Crippen LogP contribution in [0.4, 0.5) is 0 Å². The Balaban J connectivity index is 2.24. The average molecular weight is 141 g/mol. The van der Waals surface area contributed by atoms with E-state index in [-0.39, 0.29) is 0 Å². The molecule has 0 aliphatic heterocycles. The highest BCUT2D eigenvalue weighted by atomic mass is 14.6. The van der Waals surface area contributed by atoms with E-state index in [0.717, 1.165) is 17.8 Å². The molecule has 1 rings (SSSR count). The molecular formula is C9H19N. The summed E-state index contributed by atoms with van der Waals surface area (Å²) in [4.78, 5) is 0. The summed E-state index contributed by atoms with van der Waals surface area (Å²) >= 11 is 0. The molecule has 2 atom stereocenters. The van der Waals surface area contributed by atoms with Gasteiger partial charge in [0.25, 0.3) is 0 Å². The quantitative estimate of drug-likeness (QED) is 0.625. The van der Waals surface area contributed by atoms with Gasteiger partial charge in [-0.2, -0.15) is 0 Å². The second kappa shape index (κ2) is 2.91. The molecule has 0 heterocycles. The number of rotatable bonds is 2. The van der Waals surface area contributed by atoms with Crippen molar-refractivity contribution >= 4 is 0 Å². The normalized spacial score (nSPS) is 38.4. The fraction of sp³-hybridized carbons (Fsp3) is 1.00. The summed E-state index contributed by atoms with van der Waals surface area (Å²) in [7, 11) is 0. The smallest absolute Gasteiger partial charge is 0.00387 e. The average Bonchev–Trinajstić information content (AvgIpc) is 1.79. The number of hydrogen-bond acceptors (Lipinski definition) is 1. The van der Waals surface area contributed by atoms with Crippen LogP contribution in [0.25, 0.3) is 0 Å². The van der Waals surface area contributed by atoms with Crippen molar-refractivity contribution in [3.05, 3.63) is 0 Å². The molecular weight excluding hydrogens is 122 g/mol. The molecule has 0 aromatic rings. The van der Waals surface area contributed by atoms with Gasteiger partial charge >= 0.3 is 0 Å². The summed E-state index contributed by atoms with van der Waals surface area (Å²) in [6, 6.07) is 0.387. The predicted molar refractivity (Wildman–Crippen MR) is 44.7 cm³/mol. The SMILES string of the molecule is CC1CC(C(C)C(C)N)C1. The van der Waals surface area contributed by atoms with Gasteiger partial charge in [-0.25, -0.2) is 0 Å². The van der Waals surface area contributed by atoms with E-state index < -0.39 is 0 Å². The van der Waals surface area contributed by atoms with Crippen molar-refractivity contribution in [2.24, 2.45) is 23.5 Å². The largest absolute Gasteiger partial charge is 0.328 e. The Bertz CT molecular complexity index is 103. The van der Waals surface area contributed by atoms with Crippen molar-refractivity contribution < 1.29 is 0 Å². The molecule has 0 aromatic heterocycles. The van der Waals surface area contributed by atoms with E-state index >= 15 is 0 Å². The van der Waals surface area contributed by atoms with Gasteiger partial charge in [-0.05, 0) is 37.5 Å². The lowest BCUT2D eigenvalue weighted by atomic mass is 9.68. The molecule has 0 bridgehead atoms. The molecule has 0 spiro atoms. The van der Waals surface area contributed by atoms with Gasteiger partial charge in [-0.3, -0.25) is 0 Å². The van der Waals surface area contributed by atoms with Gasteiger partial charge in [0.05, 0.1) is 0 Å². The maximum absolute atomic E-state index is 5.79. The second-order valence-electron chi connectivity index (χ2n) is 4.05. The second-order valence-corrected chi connectivity index (χ2v) is 4.05. The molecule has 10 heavy (non-hydrogen) atoms. The third-order valence-corrected chi connectivity index (χ3v) is 2.98. The Morgan fingerprint density at radius 3 is 2.10 bits per heavy atom. The summed E-state index contributed by atoms with van der Waals surface area (Å²) in [5, 5.41) is 0. The third-order valence-electron chi connectivity index (χ3n) is 2.98. The van der Waals surface area contributed by atoms with Crippen LogP contribution in [-0.4, -0.2) is 6.04 Å². The van der Waals surface area contributed by atoms with Gasteiger partial charge in [-0.15, -0.1) is 0 Å². The Labute approximate surface area is 64.0 Å². The molecule has 2 unspecified atom stereocenters. The van der Waals surface area contributed by atoms with Crippen molar-refractivity contribution in [3.8, 4) is 0 Å². The molecule has 1 aliphatic carbocycles. The fourth-order valence-corrected chi connectivity index (χ4v) is 1.82. The maximum Gasteiger partial charge on any atom is 0.00387 e. The fourth-order valence-electron chi connectivity index (χ4n) is 1.82. The minimum absolute atomic E-state index is 0.387. The highest BCUT2D eigenvalue weighted by Crippen LogP contribution is 2.39. The molecule has 1 fully saturated rings. The summed E-state index contributed by atoms with van der Waals surface area (Å²) in [6.45, 7) is 6.72. The first kappa shape index (κ1) is 8.06. The first-order valence-corrected chi connectivity index (χ1v) is 4.37. The van der Waals surface area contributed by atoms with Gasteiger partial charge in [0.15, 0.2) is 0 Å². The lowest BCUT2D eigenvalue weighted by molar-refractivity contribution is 0.133. The highest BCUT2D eigenvalue weighted by Gasteiger charge is 2.31. The third kappa shape index (κ3) is 1.51. The van der Waals surface area contributed by atoms with E-state index in [9.17, 15) is 0 Å². The molecule has 1 saturated carbocycles. The number of hydrogen-bond donors (Lipinski definition) is 1. The lowest BCUT2D eigenvalue weighted by Gasteiger charge is -2.38. The van der Waals surface area contributed by atoms with Gasteiger partial charge in [0, 0.05) is 6.04 Å². The van der Waals surface area contributed by atoms with Crippen LogP contribution in [0.5, 0.6) is 0 Å². The van der Waals surface area contributed by atoms with Crippen molar-refractivity contribution in [1.29, 1.82) is 0 Å². The highest BCUT2D eigenvalue weighted by molar-refractivity contribution is 4.83. The minimum Gasteiger partial charge on any atom is -0.328 e. The van der Waals surface area contributed by atoms with E-state index in [1.54, 1.807) is 0 Å². The van der Waals surface area contributed by atoms with Crippen LogP contribution < -0.4 is 5.73 Å². The number of nitrogens with two attached hydrogens (primary N) is 1. The molecule has 0 amide bonds. The van der Waals surface area contributed by atoms with E-state index in [1.165, 1.54) is 12.8 Å². The minimum atomic E-state index is 0.387. The van der Waals surface area contributed by atoms with Crippen LogP contribution >= 0.6 is 0 Å². The van der Waals surface area contributed by atoms with Gasteiger partial charge in [-0.1, -0.05) is 13.8 Å². The van der Waals surface area contributed by atoms with E-state index in [4.69, 9.17) is 5.73 Å². The summed E-state index contributed by atoms with van der Waals surface area (Å²) < 4.78 is 0. The van der Waals surface area contributed by atoms with E-state index in [1.807, 2.05) is 0 Å². The van der Waals surface area contributed by atoms with Gasteiger partial charge in [0.2, 0.25) is 0 Å². The van der Waals surface area contributed by atoms with E-state index in [0.29, 0.717) is 6.04 Å². The monoisotopic (exact) mass is 141 g/mol. The standard InChI is InChI=1S/C9H19N/c1-6-4-9(5-6)7(2)8(3)10/h6-9H,4-5,10H2,1-3H3. The first-order valence-electron chi connectivity index (χ1n) is 4.37. The zero-order valence-corrected chi connectivity index (χ0v) is 7.30. The predicted octanol–water partition coefficient (Wildman–Crippen LogP) is 2.02. The van der Waals surface area contributed by atoms with Crippen LogP contribution in [0.2, 0.25) is 0 Å². The summed E-state index contributed by atoms with van der Waals surface area (Å²) in [5.74, 6) is 2.62. The van der Waals surface area contributed by atoms with Crippen molar-refractivity contribution in [2.75, 3.05) is 0 Å². The first-order chi connectivity index (χ1) is 4.61. The van der Waals surface area contributed by atoms with Crippen molar-refractivity contribution in [1.82, 2.24) is 0 Å². The van der Waals surface area contributed by atoms with Crippen LogP contribution in [0.15, 0.2) is 0 Å². The topological polar surface area (TPSA) is 26.0 Å². The zero-order valence-electron chi connectivity index (χ0n) is 7.30. The van der Waals surface area contributed by atoms with Crippen molar-refractivity contribution in [2.45, 2.75) is 39.7 Å². The Morgan fingerprint density at radius 1 is 1.30 bits per heavy atom. The molecule has 60 valence electrons. The zero-order chi connectivity index (χ0) is 7.72. The Hall–Kier alpha value is -0.0400. The summed E-state index contributed by atoms with van der Waals surface area (Å²) in [5.41, 5.74) is 5.79. The molecule has 0 aromatic carbocycles. The molecule has 1 aliphatic rings. The van der Waals surface area contributed by atoms with Crippen molar-refractivity contribution in [3.63, 3.8) is 0 Å². The Kier molecular flexibility index (Phi) is 2.35. The lowest BCUT2D eigenvalue weighted by Crippen LogP contribution is -2.36. The van der Waals surface area contributed by atoms with Crippen LogP contribution in [0.1, 0.15) is 33.6 Å². The molecule has 0 radical (unpaired) electrons.